The summed E-state index contributed by atoms with van der Waals surface area (Å²) in [6.07, 6.45) is 5.80. The maximum Gasteiger partial charge on any atom is 0.232 e. The monoisotopic (exact) mass is 389 g/mol. The Morgan fingerprint density at radius 1 is 1.31 bits per heavy atom. The molecule has 1 fully saturated rings. The van der Waals surface area contributed by atoms with Crippen LogP contribution in [0.4, 0.5) is 0 Å². The van der Waals surface area contributed by atoms with E-state index in [1.807, 2.05) is 16.2 Å². The van der Waals surface area contributed by atoms with E-state index in [0.29, 0.717) is 11.7 Å². The predicted octanol–water partition coefficient (Wildman–Crippen LogP) is 4.65. The van der Waals surface area contributed by atoms with Crippen LogP contribution in [0.15, 0.2) is 5.03 Å². The van der Waals surface area contributed by atoms with E-state index in [-0.39, 0.29) is 5.91 Å². The first kappa shape index (κ1) is 18.2. The van der Waals surface area contributed by atoms with Gasteiger partial charge >= 0.3 is 0 Å². The lowest BCUT2D eigenvalue weighted by molar-refractivity contribution is -0.127. The first-order valence-corrected chi connectivity index (χ1v) is 11.6. The van der Waals surface area contributed by atoms with Crippen molar-refractivity contribution in [2.75, 3.05) is 18.8 Å². The maximum absolute atomic E-state index is 12.5. The third-order valence-electron chi connectivity index (χ3n) is 5.45. The molecule has 2 aliphatic rings. The van der Waals surface area contributed by atoms with E-state index in [4.69, 9.17) is 9.97 Å². The molecular formula is C20H27N3OS2. The summed E-state index contributed by atoms with van der Waals surface area (Å²) in [5.74, 6) is 2.69. The van der Waals surface area contributed by atoms with E-state index in [1.54, 1.807) is 11.8 Å². The highest BCUT2D eigenvalue weighted by molar-refractivity contribution is 8.00. The quantitative estimate of drug-likeness (QED) is 0.564. The van der Waals surface area contributed by atoms with Crippen molar-refractivity contribution < 1.29 is 4.79 Å². The van der Waals surface area contributed by atoms with Gasteiger partial charge in [-0.3, -0.25) is 4.79 Å². The van der Waals surface area contributed by atoms with Crippen LogP contribution >= 0.6 is 23.1 Å². The molecular weight excluding hydrogens is 362 g/mol. The molecule has 0 N–H and O–H groups in total. The fraction of sp³-hybridized carbons (Fsp3) is 0.650. The molecule has 1 aliphatic carbocycles. The fourth-order valence-corrected chi connectivity index (χ4v) is 6.29. The zero-order valence-electron chi connectivity index (χ0n) is 15.9. The summed E-state index contributed by atoms with van der Waals surface area (Å²) in [5, 5.41) is 2.26. The molecule has 140 valence electrons. The largest absolute Gasteiger partial charge is 0.342 e. The molecule has 1 amide bonds. The Morgan fingerprint density at radius 3 is 2.81 bits per heavy atom. The van der Waals surface area contributed by atoms with Crippen molar-refractivity contribution in [3.8, 4) is 0 Å². The highest BCUT2D eigenvalue weighted by atomic mass is 32.2. The summed E-state index contributed by atoms with van der Waals surface area (Å²) >= 11 is 3.47. The number of carbonyl (C=O) groups excluding carboxylic acids is 1. The van der Waals surface area contributed by atoms with Gasteiger partial charge in [-0.1, -0.05) is 32.5 Å². The van der Waals surface area contributed by atoms with Gasteiger partial charge in [0.2, 0.25) is 5.91 Å². The molecule has 0 saturated carbocycles. The van der Waals surface area contributed by atoms with Gasteiger partial charge in [-0.25, -0.2) is 9.97 Å². The average Bonchev–Trinajstić information content (AvgIpc) is 3.26. The van der Waals surface area contributed by atoms with Gasteiger partial charge in [0.1, 0.15) is 15.7 Å². The molecule has 0 unspecified atom stereocenters. The minimum atomic E-state index is 0.253. The van der Waals surface area contributed by atoms with Crippen LogP contribution in [-0.4, -0.2) is 39.6 Å². The van der Waals surface area contributed by atoms with E-state index >= 15 is 0 Å². The van der Waals surface area contributed by atoms with Crippen molar-refractivity contribution in [2.24, 2.45) is 5.92 Å². The molecule has 2 aromatic heterocycles. The first-order chi connectivity index (χ1) is 12.5. The number of fused-ring (bicyclic) bond motifs is 3. The molecule has 2 aromatic rings. The zero-order valence-corrected chi connectivity index (χ0v) is 17.5. The number of amides is 1. The Hall–Kier alpha value is -1.14. The van der Waals surface area contributed by atoms with Crippen LogP contribution in [0, 0.1) is 5.92 Å². The Bertz CT molecular complexity index is 824. The lowest BCUT2D eigenvalue weighted by Gasteiger charge is -2.18. The van der Waals surface area contributed by atoms with Gasteiger partial charge in [-0.2, -0.15) is 0 Å². The van der Waals surface area contributed by atoms with Crippen LogP contribution in [0.2, 0.25) is 0 Å². The summed E-state index contributed by atoms with van der Waals surface area (Å²) in [5.41, 5.74) is 1.45. The molecule has 4 rings (SSSR count). The third-order valence-corrected chi connectivity index (χ3v) is 7.56. The van der Waals surface area contributed by atoms with Crippen molar-refractivity contribution in [1.82, 2.24) is 14.9 Å². The van der Waals surface area contributed by atoms with Gasteiger partial charge in [-0.05, 0) is 43.6 Å². The zero-order chi connectivity index (χ0) is 18.3. The SMILES string of the molecule is CC(C)c1nc(SCC(=O)N2CCCC2)c2c3c(sc2n1)C[C@H](C)CC3. The van der Waals surface area contributed by atoms with E-state index in [2.05, 4.69) is 20.8 Å². The lowest BCUT2D eigenvalue weighted by atomic mass is 9.89. The van der Waals surface area contributed by atoms with Gasteiger partial charge in [0.15, 0.2) is 0 Å². The van der Waals surface area contributed by atoms with Gasteiger partial charge in [-0.15, -0.1) is 11.3 Å². The smallest absolute Gasteiger partial charge is 0.232 e. The molecule has 3 heterocycles. The summed E-state index contributed by atoms with van der Waals surface area (Å²) in [7, 11) is 0. The number of aryl methyl sites for hydroxylation is 1. The minimum absolute atomic E-state index is 0.253. The van der Waals surface area contributed by atoms with Crippen molar-refractivity contribution in [3.63, 3.8) is 0 Å². The third kappa shape index (κ3) is 3.50. The summed E-state index contributed by atoms with van der Waals surface area (Å²) in [6, 6.07) is 0. The van der Waals surface area contributed by atoms with Crippen molar-refractivity contribution in [1.29, 1.82) is 0 Å². The summed E-state index contributed by atoms with van der Waals surface area (Å²) in [6.45, 7) is 8.45. The molecule has 26 heavy (non-hydrogen) atoms. The minimum Gasteiger partial charge on any atom is -0.342 e. The topological polar surface area (TPSA) is 46.1 Å². The van der Waals surface area contributed by atoms with Gasteiger partial charge in [0, 0.05) is 29.3 Å². The van der Waals surface area contributed by atoms with Crippen LogP contribution in [0.3, 0.4) is 0 Å². The molecule has 0 bridgehead atoms. The summed E-state index contributed by atoms with van der Waals surface area (Å²) < 4.78 is 0. The summed E-state index contributed by atoms with van der Waals surface area (Å²) in [4.78, 5) is 26.9. The Kier molecular flexibility index (Phi) is 5.24. The molecule has 1 atom stereocenters. The van der Waals surface area contributed by atoms with Crippen LogP contribution in [0.5, 0.6) is 0 Å². The molecule has 6 heteroatoms. The van der Waals surface area contributed by atoms with Crippen LogP contribution in [0.25, 0.3) is 10.2 Å². The Balaban J connectivity index is 1.67. The molecule has 1 saturated heterocycles. The average molecular weight is 390 g/mol. The number of hydrogen-bond acceptors (Lipinski definition) is 5. The van der Waals surface area contributed by atoms with Crippen LogP contribution < -0.4 is 0 Å². The van der Waals surface area contributed by atoms with Crippen LogP contribution in [-0.2, 0) is 17.6 Å². The Labute approximate surface area is 163 Å². The number of nitrogens with zero attached hydrogens (tertiary/aromatic N) is 3. The number of thiophene rings is 1. The number of aromatic nitrogens is 2. The molecule has 4 nitrogen and oxygen atoms in total. The molecule has 1 aliphatic heterocycles. The number of likely N-dealkylation sites (tertiary alicyclic amines) is 1. The van der Waals surface area contributed by atoms with Gasteiger partial charge in [0.05, 0.1) is 5.75 Å². The van der Waals surface area contributed by atoms with Gasteiger partial charge < -0.3 is 4.90 Å². The molecule has 0 aromatic carbocycles. The fourth-order valence-electron chi connectivity index (χ4n) is 3.88. The van der Waals surface area contributed by atoms with E-state index < -0.39 is 0 Å². The van der Waals surface area contributed by atoms with E-state index in [1.165, 1.54) is 22.2 Å². The second kappa shape index (κ2) is 7.47. The second-order valence-electron chi connectivity index (χ2n) is 7.95. The lowest BCUT2D eigenvalue weighted by Crippen LogP contribution is -2.29. The molecule has 0 spiro atoms. The highest BCUT2D eigenvalue weighted by Crippen LogP contribution is 2.41. The van der Waals surface area contributed by atoms with Crippen molar-refractivity contribution in [3.05, 3.63) is 16.3 Å². The predicted molar refractivity (Wildman–Crippen MR) is 109 cm³/mol. The van der Waals surface area contributed by atoms with E-state index in [9.17, 15) is 4.79 Å². The standard InChI is InChI=1S/C20H27N3OS2/c1-12(2)18-21-19(25-11-16(24)23-8-4-5-9-23)17-14-7-6-13(3)10-15(14)26-20(17)22-18/h12-13H,4-11H2,1-3H3/t13-/m1/s1. The van der Waals surface area contributed by atoms with Crippen molar-refractivity contribution in [2.45, 2.75) is 63.8 Å². The number of carbonyl (C=O) groups is 1. The first-order valence-electron chi connectivity index (χ1n) is 9.75. The second-order valence-corrected chi connectivity index (χ2v) is 10.00. The number of rotatable bonds is 4. The normalized spacial score (nSPS) is 20.2. The highest BCUT2D eigenvalue weighted by Gasteiger charge is 2.25. The number of hydrogen-bond donors (Lipinski definition) is 0. The van der Waals surface area contributed by atoms with Crippen molar-refractivity contribution >= 4 is 39.2 Å². The Morgan fingerprint density at radius 2 is 2.08 bits per heavy atom. The van der Waals surface area contributed by atoms with Crippen LogP contribution in [0.1, 0.15) is 62.2 Å². The molecule has 0 radical (unpaired) electrons. The number of thioether (sulfide) groups is 1. The van der Waals surface area contributed by atoms with E-state index in [0.717, 1.165) is 60.4 Å². The maximum atomic E-state index is 12.5. The van der Waals surface area contributed by atoms with Gasteiger partial charge in [0.25, 0.3) is 0 Å².